The first-order valence-corrected chi connectivity index (χ1v) is 26.5. The number of allylic oxidation sites excluding steroid dienone is 12. The third-order valence-electron chi connectivity index (χ3n) is 11.6. The number of ether oxygens (including phenoxy) is 3. The second-order valence-electron chi connectivity index (χ2n) is 18.7. The second kappa shape index (κ2) is 47.3. The summed E-state index contributed by atoms with van der Waals surface area (Å²) in [6.45, 7) is 4.60. The zero-order valence-electron chi connectivity index (χ0n) is 42.7. The average Bonchev–Trinajstić information content (AvgIpc) is 3.27. The molecule has 0 aliphatic heterocycles. The molecule has 0 radical (unpaired) electrons. The zero-order chi connectivity index (χ0) is 47.7. The number of nitrogens with zero attached hydrogens (tertiary/aromatic N) is 1. The summed E-state index contributed by atoms with van der Waals surface area (Å²) in [5.74, 6) is -1.48. The van der Waals surface area contributed by atoms with Gasteiger partial charge in [-0.05, 0) is 83.5 Å². The summed E-state index contributed by atoms with van der Waals surface area (Å²) in [6.07, 6.45) is 60.9. The highest BCUT2D eigenvalue weighted by Crippen LogP contribution is 2.15. The summed E-state index contributed by atoms with van der Waals surface area (Å²) in [5, 5.41) is 9.66. The first-order chi connectivity index (χ1) is 31.6. The molecule has 0 aliphatic carbocycles. The van der Waals surface area contributed by atoms with Crippen molar-refractivity contribution in [3.05, 3.63) is 72.9 Å². The van der Waals surface area contributed by atoms with Gasteiger partial charge in [-0.2, -0.15) is 0 Å². The van der Waals surface area contributed by atoms with Gasteiger partial charge in [-0.25, -0.2) is 4.79 Å². The van der Waals surface area contributed by atoms with Crippen LogP contribution >= 0.6 is 0 Å². The van der Waals surface area contributed by atoms with E-state index in [0.717, 1.165) is 83.5 Å². The smallest absolute Gasteiger partial charge is 0.362 e. The predicted octanol–water partition coefficient (Wildman–Crippen LogP) is 15.5. The number of quaternary nitrogens is 1. The van der Waals surface area contributed by atoms with Crippen LogP contribution in [-0.4, -0.2) is 80.6 Å². The largest absolute Gasteiger partial charge is 0.477 e. The molecule has 0 aliphatic rings. The van der Waals surface area contributed by atoms with Crippen molar-refractivity contribution in [2.45, 2.75) is 231 Å². The Bertz CT molecular complexity index is 1290. The van der Waals surface area contributed by atoms with Gasteiger partial charge in [0.25, 0.3) is 0 Å². The molecule has 0 saturated carbocycles. The number of likely N-dealkylation sites (N-methyl/N-ethyl adjacent to an activating group) is 1. The minimum Gasteiger partial charge on any atom is -0.477 e. The third kappa shape index (κ3) is 45.7. The molecular weight excluding hydrogens is 811 g/mol. The highest BCUT2D eigenvalue weighted by molar-refractivity contribution is 5.72. The van der Waals surface area contributed by atoms with Crippen LogP contribution in [0.5, 0.6) is 0 Å². The minimum atomic E-state index is -0.878. The van der Waals surface area contributed by atoms with Gasteiger partial charge in [-0.15, -0.1) is 0 Å². The van der Waals surface area contributed by atoms with Crippen LogP contribution in [-0.2, 0) is 28.6 Å². The maximum atomic E-state index is 12.8. The highest BCUT2D eigenvalue weighted by atomic mass is 16.6. The Kier molecular flexibility index (Phi) is 44.9. The van der Waals surface area contributed by atoms with Crippen molar-refractivity contribution in [2.24, 2.45) is 0 Å². The molecular formula is C57H100NO7+. The lowest BCUT2D eigenvalue weighted by atomic mass is 10.1. The number of carboxylic acids is 1. The Morgan fingerprint density at radius 2 is 0.862 bits per heavy atom. The fourth-order valence-corrected chi connectivity index (χ4v) is 7.53. The molecule has 0 fully saturated rings. The summed E-state index contributed by atoms with van der Waals surface area (Å²) >= 11 is 0. The number of aliphatic carboxylic acids is 1. The van der Waals surface area contributed by atoms with E-state index in [9.17, 15) is 19.5 Å². The molecule has 0 heterocycles. The van der Waals surface area contributed by atoms with Crippen LogP contribution in [0.15, 0.2) is 72.9 Å². The van der Waals surface area contributed by atoms with Gasteiger partial charge in [0.2, 0.25) is 0 Å². The van der Waals surface area contributed by atoms with E-state index in [-0.39, 0.29) is 36.2 Å². The average molecular weight is 911 g/mol. The third-order valence-corrected chi connectivity index (χ3v) is 11.6. The number of esters is 2. The lowest BCUT2D eigenvalue weighted by Gasteiger charge is -2.31. The Labute approximate surface area is 400 Å². The van der Waals surface area contributed by atoms with Gasteiger partial charge in [0, 0.05) is 19.3 Å². The molecule has 0 amide bonds. The fraction of sp³-hybridized carbons (Fsp3) is 0.737. The van der Waals surface area contributed by atoms with E-state index in [4.69, 9.17) is 14.2 Å². The normalized spacial score (nSPS) is 13.4. The van der Waals surface area contributed by atoms with E-state index < -0.39 is 18.1 Å². The summed E-state index contributed by atoms with van der Waals surface area (Å²) in [6, 6.07) is -0.620. The van der Waals surface area contributed by atoms with Crippen LogP contribution in [0.2, 0.25) is 0 Å². The molecule has 65 heavy (non-hydrogen) atoms. The van der Waals surface area contributed by atoms with E-state index in [0.29, 0.717) is 19.3 Å². The Balaban J connectivity index is 4.24. The minimum absolute atomic E-state index is 0.0548. The lowest BCUT2D eigenvalue weighted by Crippen LogP contribution is -2.50. The molecule has 0 saturated heterocycles. The molecule has 0 aromatic rings. The molecule has 374 valence electrons. The standard InChI is InChI=1S/C57H99NO7/c1-6-8-10-12-14-16-18-20-22-24-26-27-28-30-31-33-35-37-39-41-43-45-47-55(59)64-52-53(51-63-50-49-54(57(61)62)58(3,4)5)65-56(60)48-46-44-42-40-38-36-34-32-29-25-23-21-19-17-15-13-11-9-7-2/h9,11,14-17,20-23,26-27,53-54H,6-8,10,12-13,18-19,24-25,28-52H2,1-5H3/p+1/b11-9+,16-14+,17-15+,22-20+,23-21+,27-26+. The number of carboxylic acid groups (broad SMARTS) is 1. The highest BCUT2D eigenvalue weighted by Gasteiger charge is 2.31. The van der Waals surface area contributed by atoms with Gasteiger partial charge in [-0.1, -0.05) is 189 Å². The number of unbranched alkanes of at least 4 members (excludes halogenated alkanes) is 21. The maximum Gasteiger partial charge on any atom is 0.362 e. The summed E-state index contributed by atoms with van der Waals surface area (Å²) in [5.41, 5.74) is 0. The molecule has 1 N–H and O–H groups in total. The van der Waals surface area contributed by atoms with Gasteiger partial charge in [-0.3, -0.25) is 9.59 Å². The maximum absolute atomic E-state index is 12.8. The molecule has 0 aromatic carbocycles. The monoisotopic (exact) mass is 911 g/mol. The molecule has 0 bridgehead atoms. The van der Waals surface area contributed by atoms with Gasteiger partial charge in [0.1, 0.15) is 6.61 Å². The van der Waals surface area contributed by atoms with Crippen molar-refractivity contribution in [1.29, 1.82) is 0 Å². The molecule has 8 heteroatoms. The predicted molar refractivity (Wildman–Crippen MR) is 275 cm³/mol. The molecule has 0 aromatic heterocycles. The fourth-order valence-electron chi connectivity index (χ4n) is 7.53. The van der Waals surface area contributed by atoms with Crippen LogP contribution in [0, 0.1) is 0 Å². The first kappa shape index (κ1) is 61.8. The van der Waals surface area contributed by atoms with Gasteiger partial charge < -0.3 is 23.8 Å². The summed E-state index contributed by atoms with van der Waals surface area (Å²) in [7, 11) is 5.53. The number of hydrogen-bond donors (Lipinski definition) is 1. The number of carbonyl (C=O) groups is 3. The van der Waals surface area contributed by atoms with Crippen LogP contribution in [0.25, 0.3) is 0 Å². The first-order valence-electron chi connectivity index (χ1n) is 26.5. The molecule has 8 nitrogen and oxygen atoms in total. The summed E-state index contributed by atoms with van der Waals surface area (Å²) < 4.78 is 17.4. The van der Waals surface area contributed by atoms with Gasteiger partial charge in [0.15, 0.2) is 12.1 Å². The Morgan fingerprint density at radius 1 is 0.477 bits per heavy atom. The van der Waals surface area contributed by atoms with Crippen molar-refractivity contribution < 1.29 is 38.2 Å². The quantitative estimate of drug-likeness (QED) is 0.0281. The Hall–Kier alpha value is -3.23. The van der Waals surface area contributed by atoms with E-state index in [1.165, 1.54) is 103 Å². The lowest BCUT2D eigenvalue weighted by molar-refractivity contribution is -0.887. The molecule has 2 atom stereocenters. The van der Waals surface area contributed by atoms with Crippen molar-refractivity contribution in [3.8, 4) is 0 Å². The molecule has 0 rings (SSSR count). The van der Waals surface area contributed by atoms with E-state index in [1.54, 1.807) is 0 Å². The van der Waals surface area contributed by atoms with Crippen molar-refractivity contribution >= 4 is 17.9 Å². The van der Waals surface area contributed by atoms with Crippen LogP contribution in [0.4, 0.5) is 0 Å². The summed E-state index contributed by atoms with van der Waals surface area (Å²) in [4.78, 5) is 37.2. The Morgan fingerprint density at radius 3 is 1.28 bits per heavy atom. The van der Waals surface area contributed by atoms with Crippen molar-refractivity contribution in [2.75, 3.05) is 41.0 Å². The van der Waals surface area contributed by atoms with Gasteiger partial charge in [0.05, 0.1) is 34.4 Å². The molecule has 0 spiro atoms. The SMILES string of the molecule is CC/C=C/C/C=C/C/C=C/CCCCCCCCCCCC(=O)OC(COCCC(C(=O)O)[N+](C)(C)C)COC(=O)CCCCCCCCCCC/C=C/C/C=C/C/C=C/CCCCC. The topological polar surface area (TPSA) is 99.1 Å². The van der Waals surface area contributed by atoms with Crippen LogP contribution in [0.1, 0.15) is 219 Å². The second-order valence-corrected chi connectivity index (χ2v) is 18.7. The van der Waals surface area contributed by atoms with Gasteiger partial charge >= 0.3 is 17.9 Å². The van der Waals surface area contributed by atoms with E-state index in [1.807, 2.05) is 21.1 Å². The van der Waals surface area contributed by atoms with Crippen molar-refractivity contribution in [3.63, 3.8) is 0 Å². The molecule has 2 unspecified atom stereocenters. The van der Waals surface area contributed by atoms with Crippen molar-refractivity contribution in [1.82, 2.24) is 0 Å². The van der Waals surface area contributed by atoms with E-state index in [2.05, 4.69) is 86.8 Å². The van der Waals surface area contributed by atoms with Crippen LogP contribution < -0.4 is 0 Å². The number of hydrogen-bond acceptors (Lipinski definition) is 6. The number of rotatable bonds is 47. The van der Waals surface area contributed by atoms with Crippen LogP contribution in [0.3, 0.4) is 0 Å². The number of carbonyl (C=O) groups excluding carboxylic acids is 2. The van der Waals surface area contributed by atoms with E-state index >= 15 is 0 Å². The zero-order valence-corrected chi connectivity index (χ0v) is 42.7.